The molecule has 16 heteroatoms. The minimum absolute atomic E-state index is 0.113. The molecule has 3 heterocycles. The number of oxime groups is 1. The van der Waals surface area contributed by atoms with Gasteiger partial charge >= 0.3 is 11.9 Å². The molecule has 3 aliphatic heterocycles. The molecule has 0 saturated carbocycles. The predicted molar refractivity (Wildman–Crippen MR) is 129 cm³/mol. The van der Waals surface area contributed by atoms with E-state index in [4.69, 9.17) is 20.0 Å². The van der Waals surface area contributed by atoms with E-state index in [0.29, 0.717) is 12.2 Å². The molecule has 14 nitrogen and oxygen atoms in total. The average Bonchev–Trinajstić information content (AvgIpc) is 3.19. The van der Waals surface area contributed by atoms with Crippen LogP contribution in [-0.4, -0.2) is 87.6 Å². The summed E-state index contributed by atoms with van der Waals surface area (Å²) >= 11 is 2.42. The Morgan fingerprint density at radius 1 is 1.38 bits per heavy atom. The van der Waals surface area contributed by atoms with Crippen LogP contribution in [-0.2, 0) is 33.5 Å². The smallest absolute Gasteiger partial charge is 0.347 e. The van der Waals surface area contributed by atoms with E-state index in [0.717, 1.165) is 11.8 Å². The van der Waals surface area contributed by atoms with Gasteiger partial charge in [0.15, 0.2) is 22.5 Å². The molecular weight excluding hydrogens is 530 g/mol. The fraction of sp³-hybridized carbons (Fsp3) is 0.524. The van der Waals surface area contributed by atoms with E-state index in [1.54, 1.807) is 26.8 Å². The van der Waals surface area contributed by atoms with Gasteiger partial charge in [0.1, 0.15) is 18.5 Å². The second kappa shape index (κ2) is 11.5. The lowest BCUT2D eigenvalue weighted by molar-refractivity contribution is -0.803. The van der Waals surface area contributed by atoms with Crippen molar-refractivity contribution in [3.63, 3.8) is 0 Å². The first-order chi connectivity index (χ1) is 17.4. The van der Waals surface area contributed by atoms with Gasteiger partial charge in [0, 0.05) is 11.2 Å². The number of ether oxygens (including phenoxy) is 2. The first-order valence-corrected chi connectivity index (χ1v) is 13.0. The van der Waals surface area contributed by atoms with Crippen molar-refractivity contribution in [2.24, 2.45) is 16.8 Å². The number of carbonyl (C=O) groups excluding carboxylic acids is 5. The summed E-state index contributed by atoms with van der Waals surface area (Å²) in [6, 6.07) is 0. The summed E-state index contributed by atoms with van der Waals surface area (Å²) in [5, 5.41) is 18.8. The molecule has 0 spiro atoms. The minimum Gasteiger partial charge on any atom is -0.497 e. The topological polar surface area (TPSA) is 190 Å². The molecule has 202 valence electrons. The molecule has 1 saturated heterocycles. The van der Waals surface area contributed by atoms with Gasteiger partial charge in [0.25, 0.3) is 12.0 Å². The van der Waals surface area contributed by atoms with Crippen LogP contribution >= 0.6 is 23.5 Å². The number of nitrogens with one attached hydrogen (secondary N) is 1. The van der Waals surface area contributed by atoms with Crippen molar-refractivity contribution in [2.75, 3.05) is 25.7 Å². The van der Waals surface area contributed by atoms with Crippen LogP contribution in [0.2, 0.25) is 0 Å². The number of quaternary nitrogens is 1. The molecular formula is C21H27N5O9S2. The van der Waals surface area contributed by atoms with Gasteiger partial charge in [-0.25, -0.2) is 9.59 Å². The Kier molecular flexibility index (Phi) is 8.88. The fourth-order valence-corrected chi connectivity index (χ4v) is 6.09. The lowest BCUT2D eigenvalue weighted by Gasteiger charge is -2.51. The SMILES string of the molecule is CC(C)(C)OC(=O)CON=C(C(N)=O)C1=CSC(NC=O)N1COCC1C(=O)[N+]2(C(=O)[O-])C=CCS[C@@H]12. The van der Waals surface area contributed by atoms with Crippen molar-refractivity contribution in [3.8, 4) is 0 Å². The lowest BCUT2D eigenvalue weighted by atomic mass is 9.95. The number of nitrogens with zero attached hydrogens (tertiary/aromatic N) is 3. The van der Waals surface area contributed by atoms with Gasteiger partial charge in [0.05, 0.1) is 12.3 Å². The average molecular weight is 558 g/mol. The molecule has 4 amide bonds. The van der Waals surface area contributed by atoms with E-state index < -0.39 is 57.4 Å². The summed E-state index contributed by atoms with van der Waals surface area (Å²) < 4.78 is 9.94. The number of fused-ring (bicyclic) bond motifs is 1. The maximum Gasteiger partial charge on any atom is 0.347 e. The molecule has 37 heavy (non-hydrogen) atoms. The van der Waals surface area contributed by atoms with Crippen LogP contribution in [0.25, 0.3) is 0 Å². The Bertz CT molecular complexity index is 1060. The maximum absolute atomic E-state index is 12.7. The van der Waals surface area contributed by atoms with E-state index in [9.17, 15) is 29.1 Å². The Labute approximate surface area is 220 Å². The summed E-state index contributed by atoms with van der Waals surface area (Å²) in [6.45, 7) is 4.14. The number of thioether (sulfide) groups is 2. The van der Waals surface area contributed by atoms with Gasteiger partial charge in [-0.1, -0.05) is 28.7 Å². The maximum atomic E-state index is 12.7. The summed E-state index contributed by atoms with van der Waals surface area (Å²) in [7, 11) is 0. The largest absolute Gasteiger partial charge is 0.497 e. The van der Waals surface area contributed by atoms with Crippen LogP contribution in [0.15, 0.2) is 28.5 Å². The number of carboxylic acid groups (broad SMARTS) is 1. The summed E-state index contributed by atoms with van der Waals surface area (Å²) in [5.41, 5.74) is 3.84. The molecule has 0 bridgehead atoms. The highest BCUT2D eigenvalue weighted by molar-refractivity contribution is 8.03. The summed E-state index contributed by atoms with van der Waals surface area (Å²) in [5.74, 6) is -2.39. The highest BCUT2D eigenvalue weighted by atomic mass is 32.2. The van der Waals surface area contributed by atoms with E-state index in [-0.39, 0.29) is 24.7 Å². The summed E-state index contributed by atoms with van der Waals surface area (Å²) in [6.07, 6.45) is 1.88. The Morgan fingerprint density at radius 3 is 2.73 bits per heavy atom. The van der Waals surface area contributed by atoms with Gasteiger partial charge in [0.2, 0.25) is 13.0 Å². The predicted octanol–water partition coefficient (Wildman–Crippen LogP) is -1.02. The zero-order valence-corrected chi connectivity index (χ0v) is 21.9. The number of esters is 1. The molecule has 0 aromatic rings. The lowest BCUT2D eigenvalue weighted by Crippen LogP contribution is -2.77. The number of hydrogen-bond acceptors (Lipinski definition) is 13. The zero-order valence-electron chi connectivity index (χ0n) is 20.3. The number of carbonyl (C=O) groups is 5. The van der Waals surface area contributed by atoms with E-state index >= 15 is 0 Å². The first-order valence-electron chi connectivity index (χ1n) is 11.0. The number of nitrogens with two attached hydrogens (primary N) is 1. The van der Waals surface area contributed by atoms with E-state index in [2.05, 4.69) is 10.5 Å². The fourth-order valence-electron chi connectivity index (χ4n) is 3.82. The Balaban J connectivity index is 1.66. The first kappa shape index (κ1) is 28.5. The van der Waals surface area contributed by atoms with Crippen molar-refractivity contribution in [1.29, 1.82) is 0 Å². The van der Waals surface area contributed by atoms with Crippen molar-refractivity contribution < 1.29 is 47.9 Å². The molecule has 1 fully saturated rings. The minimum atomic E-state index is -1.50. The molecule has 3 unspecified atom stereocenters. The molecule has 0 aromatic carbocycles. The van der Waals surface area contributed by atoms with Gasteiger partial charge in [-0.15, -0.1) is 0 Å². The normalized spacial score (nSPS) is 27.1. The van der Waals surface area contributed by atoms with Gasteiger partial charge in [-0.2, -0.15) is 4.48 Å². The Hall–Kier alpha value is -3.08. The number of primary amides is 1. The van der Waals surface area contributed by atoms with Crippen molar-refractivity contribution >= 4 is 59.5 Å². The molecule has 0 aliphatic carbocycles. The van der Waals surface area contributed by atoms with Crippen LogP contribution in [0.1, 0.15) is 20.8 Å². The Morgan fingerprint density at radius 2 is 2.11 bits per heavy atom. The molecule has 0 aromatic heterocycles. The van der Waals surface area contributed by atoms with Crippen molar-refractivity contribution in [2.45, 2.75) is 37.2 Å². The number of hydrogen-bond donors (Lipinski definition) is 2. The number of rotatable bonds is 11. The standard InChI is InChI=1S/C21H27N5O9S2/c1-21(2,3)35-14(28)8-34-24-15(16(22)29)13-9-37-19(23-10-27)25(13)11-33-7-12-17(30)26(20(31)32)5-4-6-36-18(12)26/h4-5,9-10,12,18-19H,6-8,11H2,1-3H3,(H3-,22,23,27,29,31,32)/t12?,18-,19?,26?/m0/s1. The quantitative estimate of drug-likeness (QED) is 0.0787. The van der Waals surface area contributed by atoms with Crippen molar-refractivity contribution in [3.05, 3.63) is 23.4 Å². The second-order valence-electron chi connectivity index (χ2n) is 9.01. The monoisotopic (exact) mass is 557 g/mol. The van der Waals surface area contributed by atoms with Crippen molar-refractivity contribution in [1.82, 2.24) is 10.2 Å². The van der Waals surface area contributed by atoms with Gasteiger partial charge in [-0.3, -0.25) is 9.59 Å². The van der Waals surface area contributed by atoms with Gasteiger partial charge < -0.3 is 40.2 Å². The van der Waals surface area contributed by atoms with Crippen LogP contribution in [0.4, 0.5) is 4.79 Å². The number of β-lactam (4-membered cyclic amide) rings is 1. The van der Waals surface area contributed by atoms with Crippen LogP contribution in [0.3, 0.4) is 0 Å². The molecule has 3 aliphatic rings. The van der Waals surface area contributed by atoms with Gasteiger partial charge in [-0.05, 0) is 26.8 Å². The van der Waals surface area contributed by atoms with Crippen LogP contribution in [0, 0.1) is 5.92 Å². The molecule has 4 atom stereocenters. The highest BCUT2D eigenvalue weighted by Gasteiger charge is 2.65. The van der Waals surface area contributed by atoms with E-state index in [1.807, 2.05) is 0 Å². The molecule has 3 rings (SSSR count). The summed E-state index contributed by atoms with van der Waals surface area (Å²) in [4.78, 5) is 65.8. The number of amides is 4. The second-order valence-corrected chi connectivity index (χ2v) is 11.1. The third kappa shape index (κ3) is 6.08. The van der Waals surface area contributed by atoms with Crippen LogP contribution < -0.4 is 16.2 Å². The molecule has 3 N–H and O–H groups in total. The zero-order chi connectivity index (χ0) is 27.4. The highest BCUT2D eigenvalue weighted by Crippen LogP contribution is 2.45. The van der Waals surface area contributed by atoms with E-state index in [1.165, 1.54) is 28.3 Å². The third-order valence-corrected chi connectivity index (χ3v) is 7.70. The number of imide groups is 1. The molecule has 0 radical (unpaired) electrons. The van der Waals surface area contributed by atoms with Crippen LogP contribution in [0.5, 0.6) is 0 Å². The third-order valence-electron chi connectivity index (χ3n) is 5.31.